The van der Waals surface area contributed by atoms with E-state index >= 15 is 0 Å². The van der Waals surface area contributed by atoms with Crippen LogP contribution in [-0.2, 0) is 13.0 Å². The van der Waals surface area contributed by atoms with Crippen molar-refractivity contribution in [1.82, 2.24) is 9.97 Å². The number of aromatic amines is 1. The van der Waals surface area contributed by atoms with Crippen molar-refractivity contribution >= 4 is 22.7 Å². The average molecular weight is 383 g/mol. The third kappa shape index (κ3) is 5.52. The van der Waals surface area contributed by atoms with Gasteiger partial charge in [-0.3, -0.25) is 4.98 Å². The molecule has 3 aromatic rings. The van der Waals surface area contributed by atoms with E-state index in [-0.39, 0.29) is 10.2 Å². The van der Waals surface area contributed by atoms with Crippen LogP contribution in [0.2, 0.25) is 0 Å². The number of thioether (sulfide) groups is 1. The first-order chi connectivity index (χ1) is 12.6. The molecular weight excluding hydrogens is 352 g/mol. The number of fused-ring (bicyclic) bond motifs is 1. The van der Waals surface area contributed by atoms with Gasteiger partial charge in [-0.25, -0.2) is 0 Å². The summed E-state index contributed by atoms with van der Waals surface area (Å²) in [6, 6.07) is 12.2. The standard InChI is InChI=1S/C23H30N2OS/c1-22(2,3)14-20-21(27-23(4,5)6)18-13-17(10-11-19(18)25-20)26-15-16-9-7-8-12-24-16/h7-13,25H,14-15H2,1-6H3. The Morgan fingerprint density at radius 2 is 1.81 bits per heavy atom. The Bertz CT molecular complexity index is 902. The van der Waals surface area contributed by atoms with E-state index in [2.05, 4.69) is 63.6 Å². The van der Waals surface area contributed by atoms with Crippen molar-refractivity contribution in [1.29, 1.82) is 0 Å². The second-order valence-electron chi connectivity index (χ2n) is 9.20. The molecule has 3 rings (SSSR count). The summed E-state index contributed by atoms with van der Waals surface area (Å²) in [6.45, 7) is 14.1. The zero-order valence-electron chi connectivity index (χ0n) is 17.2. The molecule has 4 heteroatoms. The molecule has 2 aromatic heterocycles. The van der Waals surface area contributed by atoms with Gasteiger partial charge >= 0.3 is 0 Å². The van der Waals surface area contributed by atoms with Crippen LogP contribution < -0.4 is 4.74 Å². The Hall–Kier alpha value is -1.94. The van der Waals surface area contributed by atoms with Gasteiger partial charge in [0.05, 0.1) is 5.69 Å². The van der Waals surface area contributed by atoms with Gasteiger partial charge in [-0.15, -0.1) is 11.8 Å². The van der Waals surface area contributed by atoms with Crippen LogP contribution in [0.15, 0.2) is 47.5 Å². The van der Waals surface area contributed by atoms with Gasteiger partial charge in [-0.1, -0.05) is 47.6 Å². The van der Waals surface area contributed by atoms with Crippen molar-refractivity contribution in [3.05, 3.63) is 54.0 Å². The van der Waals surface area contributed by atoms with E-state index in [1.165, 1.54) is 21.5 Å². The molecule has 0 radical (unpaired) electrons. The molecule has 2 heterocycles. The lowest BCUT2D eigenvalue weighted by atomic mass is 9.90. The monoisotopic (exact) mass is 382 g/mol. The minimum absolute atomic E-state index is 0.145. The summed E-state index contributed by atoms with van der Waals surface area (Å²) in [5.41, 5.74) is 3.65. The molecule has 0 aliphatic heterocycles. The predicted molar refractivity (Wildman–Crippen MR) is 116 cm³/mol. The second kappa shape index (κ2) is 7.59. The Morgan fingerprint density at radius 1 is 1.04 bits per heavy atom. The molecule has 1 aromatic carbocycles. The fraction of sp³-hybridized carbons (Fsp3) is 0.435. The molecule has 0 aliphatic carbocycles. The minimum Gasteiger partial charge on any atom is -0.487 e. The molecule has 0 fully saturated rings. The molecule has 0 atom stereocenters. The molecule has 27 heavy (non-hydrogen) atoms. The van der Waals surface area contributed by atoms with Gasteiger partial charge in [-0.2, -0.15) is 0 Å². The molecule has 3 nitrogen and oxygen atoms in total. The third-order valence-corrected chi connectivity index (χ3v) is 5.31. The maximum atomic E-state index is 6.01. The first kappa shape index (κ1) is 19.8. The van der Waals surface area contributed by atoms with Crippen LogP contribution in [0.5, 0.6) is 5.75 Å². The van der Waals surface area contributed by atoms with E-state index in [4.69, 9.17) is 4.74 Å². The maximum absolute atomic E-state index is 6.01. The maximum Gasteiger partial charge on any atom is 0.130 e. The summed E-state index contributed by atoms with van der Waals surface area (Å²) in [6.07, 6.45) is 2.81. The lowest BCUT2D eigenvalue weighted by molar-refractivity contribution is 0.302. The molecule has 1 N–H and O–H groups in total. The van der Waals surface area contributed by atoms with E-state index in [0.717, 1.165) is 17.9 Å². The molecule has 0 amide bonds. The molecule has 0 saturated heterocycles. The van der Waals surface area contributed by atoms with E-state index in [1.54, 1.807) is 6.20 Å². The highest BCUT2D eigenvalue weighted by atomic mass is 32.2. The molecular formula is C23H30N2OS. The average Bonchev–Trinajstić information content (AvgIpc) is 2.87. The normalized spacial score (nSPS) is 12.5. The summed E-state index contributed by atoms with van der Waals surface area (Å²) >= 11 is 1.93. The number of rotatable bonds is 5. The van der Waals surface area contributed by atoms with Crippen LogP contribution in [0.1, 0.15) is 52.9 Å². The van der Waals surface area contributed by atoms with Crippen molar-refractivity contribution < 1.29 is 4.74 Å². The number of hydrogen-bond acceptors (Lipinski definition) is 3. The summed E-state index contributed by atoms with van der Waals surface area (Å²) in [4.78, 5) is 9.33. The van der Waals surface area contributed by atoms with E-state index < -0.39 is 0 Å². The van der Waals surface area contributed by atoms with E-state index in [9.17, 15) is 0 Å². The summed E-state index contributed by atoms with van der Waals surface area (Å²) in [5.74, 6) is 0.880. The Morgan fingerprint density at radius 3 is 2.44 bits per heavy atom. The first-order valence-electron chi connectivity index (χ1n) is 9.47. The second-order valence-corrected chi connectivity index (χ2v) is 11.0. The van der Waals surface area contributed by atoms with Gasteiger partial charge in [0.2, 0.25) is 0 Å². The topological polar surface area (TPSA) is 37.9 Å². The highest BCUT2D eigenvalue weighted by Gasteiger charge is 2.23. The van der Waals surface area contributed by atoms with Crippen molar-refractivity contribution in [2.45, 2.75) is 64.2 Å². The Balaban J connectivity index is 1.94. The fourth-order valence-corrected chi connectivity index (χ4v) is 4.15. The number of H-pyrrole nitrogens is 1. The quantitative estimate of drug-likeness (QED) is 0.504. The van der Waals surface area contributed by atoms with E-state index in [0.29, 0.717) is 6.61 Å². The number of aromatic nitrogens is 2. The largest absolute Gasteiger partial charge is 0.487 e. The van der Waals surface area contributed by atoms with Gasteiger partial charge in [0.15, 0.2) is 0 Å². The fourth-order valence-electron chi connectivity index (χ4n) is 3.01. The lowest BCUT2D eigenvalue weighted by Crippen LogP contribution is -2.12. The van der Waals surface area contributed by atoms with Crippen LogP contribution in [0.25, 0.3) is 10.9 Å². The first-order valence-corrected chi connectivity index (χ1v) is 10.3. The summed E-state index contributed by atoms with van der Waals surface area (Å²) < 4.78 is 6.16. The number of benzene rings is 1. The van der Waals surface area contributed by atoms with Gasteiger partial charge in [-0.05, 0) is 42.2 Å². The number of nitrogens with zero attached hydrogens (tertiary/aromatic N) is 1. The lowest BCUT2D eigenvalue weighted by Gasteiger charge is -2.22. The number of ether oxygens (including phenoxy) is 1. The number of nitrogens with one attached hydrogen (secondary N) is 1. The van der Waals surface area contributed by atoms with Crippen molar-refractivity contribution in [2.24, 2.45) is 5.41 Å². The Labute approximate surface area is 166 Å². The molecule has 0 unspecified atom stereocenters. The molecule has 0 spiro atoms. The SMILES string of the molecule is CC(C)(C)Cc1[nH]c2ccc(OCc3ccccn3)cc2c1SC(C)(C)C. The zero-order chi connectivity index (χ0) is 19.7. The van der Waals surface area contributed by atoms with Gasteiger partial charge in [0.25, 0.3) is 0 Å². The highest BCUT2D eigenvalue weighted by Crippen LogP contribution is 2.42. The predicted octanol–water partition coefficient (Wildman–Crippen LogP) is 6.62. The molecule has 144 valence electrons. The summed E-state index contributed by atoms with van der Waals surface area (Å²) in [7, 11) is 0. The van der Waals surface area contributed by atoms with Crippen LogP contribution in [0, 0.1) is 5.41 Å². The molecule has 0 bridgehead atoms. The van der Waals surface area contributed by atoms with Crippen molar-refractivity contribution in [3.8, 4) is 5.75 Å². The number of hydrogen-bond donors (Lipinski definition) is 1. The zero-order valence-corrected chi connectivity index (χ0v) is 18.0. The van der Waals surface area contributed by atoms with Gasteiger partial charge in [0, 0.05) is 32.4 Å². The minimum atomic E-state index is 0.145. The van der Waals surface area contributed by atoms with Crippen molar-refractivity contribution in [2.75, 3.05) is 0 Å². The van der Waals surface area contributed by atoms with Crippen LogP contribution in [-0.4, -0.2) is 14.7 Å². The molecule has 0 saturated carbocycles. The van der Waals surface area contributed by atoms with Crippen LogP contribution in [0.4, 0.5) is 0 Å². The molecule has 0 aliphatic rings. The third-order valence-electron chi connectivity index (χ3n) is 4.02. The number of pyridine rings is 1. The smallest absolute Gasteiger partial charge is 0.130 e. The van der Waals surface area contributed by atoms with Crippen LogP contribution in [0.3, 0.4) is 0 Å². The van der Waals surface area contributed by atoms with Gasteiger partial charge < -0.3 is 9.72 Å². The van der Waals surface area contributed by atoms with Crippen molar-refractivity contribution in [3.63, 3.8) is 0 Å². The van der Waals surface area contributed by atoms with Crippen LogP contribution >= 0.6 is 11.8 Å². The highest BCUT2D eigenvalue weighted by molar-refractivity contribution is 8.00. The van der Waals surface area contributed by atoms with Gasteiger partial charge in [0.1, 0.15) is 12.4 Å². The van der Waals surface area contributed by atoms with E-state index in [1.807, 2.05) is 36.0 Å². The summed E-state index contributed by atoms with van der Waals surface area (Å²) in [5, 5.41) is 1.24. The Kier molecular flexibility index (Phi) is 5.57.